The van der Waals surface area contributed by atoms with E-state index in [1.165, 1.54) is 19.4 Å². The van der Waals surface area contributed by atoms with Crippen LogP contribution in [-0.2, 0) is 0 Å². The number of carbonyl (C=O) groups excluding carboxylic acids is 1. The first-order chi connectivity index (χ1) is 8.84. The largest absolute Gasteiger partial charge is 0.339 e. The van der Waals surface area contributed by atoms with Crippen LogP contribution in [0.3, 0.4) is 0 Å². The first-order valence-corrected chi connectivity index (χ1v) is 7.84. The van der Waals surface area contributed by atoms with Crippen LogP contribution in [0.1, 0.15) is 36.0 Å². The van der Waals surface area contributed by atoms with Gasteiger partial charge in [0.15, 0.2) is 0 Å². The van der Waals surface area contributed by atoms with Crippen LogP contribution in [0.5, 0.6) is 0 Å². The quantitative estimate of drug-likeness (QED) is 0.911. The van der Waals surface area contributed by atoms with Crippen molar-refractivity contribution in [1.29, 1.82) is 0 Å². The topological polar surface area (TPSA) is 32.3 Å². The number of nitrogens with zero attached hydrogens (tertiary/aromatic N) is 1. The van der Waals surface area contributed by atoms with Gasteiger partial charge in [-0.2, -0.15) is 11.3 Å². The molecule has 0 aliphatic carbocycles. The summed E-state index contributed by atoms with van der Waals surface area (Å²) in [6, 6.07) is 2.64. The van der Waals surface area contributed by atoms with Crippen LogP contribution in [-0.4, -0.2) is 36.5 Å². The number of carbonyl (C=O) groups is 1. The van der Waals surface area contributed by atoms with Crippen LogP contribution >= 0.6 is 23.7 Å². The van der Waals surface area contributed by atoms with E-state index in [9.17, 15) is 4.79 Å². The number of nitrogens with one attached hydrogen (secondary N) is 1. The Morgan fingerprint density at radius 1 is 1.32 bits per heavy atom. The van der Waals surface area contributed by atoms with E-state index in [1.54, 1.807) is 11.3 Å². The van der Waals surface area contributed by atoms with Gasteiger partial charge in [-0.15, -0.1) is 12.4 Å². The Morgan fingerprint density at radius 2 is 2.11 bits per heavy atom. The zero-order valence-electron chi connectivity index (χ0n) is 11.0. The molecule has 106 valence electrons. The molecule has 0 saturated carbocycles. The summed E-state index contributed by atoms with van der Waals surface area (Å²) in [5.41, 5.74) is 0.859. The predicted octanol–water partition coefficient (Wildman–Crippen LogP) is 2.77. The Labute approximate surface area is 124 Å². The fourth-order valence-electron chi connectivity index (χ4n) is 3.19. The van der Waals surface area contributed by atoms with Gasteiger partial charge in [-0.1, -0.05) is 0 Å². The molecule has 2 saturated heterocycles. The Balaban J connectivity index is 0.00000133. The second-order valence-electron chi connectivity index (χ2n) is 5.34. The van der Waals surface area contributed by atoms with Gasteiger partial charge in [0, 0.05) is 24.5 Å². The zero-order valence-corrected chi connectivity index (χ0v) is 12.6. The molecule has 1 amide bonds. The standard InChI is InChI=1S/C14H20N2OS.ClH/c17-14(12-5-9-18-10-12)16-7-3-11(4-8-16)13-2-1-6-15-13;/h5,9-11,13,15H,1-4,6-8H2;1H. The molecule has 0 radical (unpaired) electrons. The first kappa shape index (κ1) is 14.8. The summed E-state index contributed by atoms with van der Waals surface area (Å²) < 4.78 is 0. The number of rotatable bonds is 2. The number of halogens is 1. The van der Waals surface area contributed by atoms with E-state index in [0.717, 1.165) is 37.4 Å². The molecular weight excluding hydrogens is 280 g/mol. The summed E-state index contributed by atoms with van der Waals surface area (Å²) in [6.07, 6.45) is 4.96. The molecule has 2 aliphatic rings. The third-order valence-corrected chi connectivity index (χ3v) is 4.95. The number of amides is 1. The lowest BCUT2D eigenvalue weighted by Gasteiger charge is -2.34. The smallest absolute Gasteiger partial charge is 0.254 e. The van der Waals surface area contributed by atoms with Gasteiger partial charge in [-0.25, -0.2) is 0 Å². The summed E-state index contributed by atoms with van der Waals surface area (Å²) in [6.45, 7) is 3.04. The van der Waals surface area contributed by atoms with Crippen molar-refractivity contribution >= 4 is 29.7 Å². The fourth-order valence-corrected chi connectivity index (χ4v) is 3.82. The predicted molar refractivity (Wildman–Crippen MR) is 81.2 cm³/mol. The minimum Gasteiger partial charge on any atom is -0.339 e. The van der Waals surface area contributed by atoms with Gasteiger partial charge >= 0.3 is 0 Å². The van der Waals surface area contributed by atoms with Crippen molar-refractivity contribution in [2.24, 2.45) is 5.92 Å². The minimum atomic E-state index is 0. The van der Waals surface area contributed by atoms with Gasteiger partial charge < -0.3 is 10.2 Å². The van der Waals surface area contributed by atoms with Crippen molar-refractivity contribution in [2.45, 2.75) is 31.7 Å². The molecule has 0 aromatic carbocycles. The molecule has 1 N–H and O–H groups in total. The number of piperidine rings is 1. The lowest BCUT2D eigenvalue weighted by Crippen LogP contribution is -2.43. The van der Waals surface area contributed by atoms with Gasteiger partial charge in [0.05, 0.1) is 5.56 Å². The highest BCUT2D eigenvalue weighted by molar-refractivity contribution is 7.08. The molecule has 1 unspecified atom stereocenters. The summed E-state index contributed by atoms with van der Waals surface area (Å²) >= 11 is 1.60. The fraction of sp³-hybridized carbons (Fsp3) is 0.643. The van der Waals surface area contributed by atoms with Crippen LogP contribution in [0.2, 0.25) is 0 Å². The maximum Gasteiger partial charge on any atom is 0.254 e. The molecular formula is C14H21ClN2OS. The van der Waals surface area contributed by atoms with E-state index in [4.69, 9.17) is 0 Å². The third-order valence-electron chi connectivity index (χ3n) is 4.26. The highest BCUT2D eigenvalue weighted by atomic mass is 35.5. The average Bonchev–Trinajstić information content (AvgIpc) is 3.11. The molecule has 1 aromatic rings. The van der Waals surface area contributed by atoms with E-state index in [0.29, 0.717) is 6.04 Å². The molecule has 3 nitrogen and oxygen atoms in total. The van der Waals surface area contributed by atoms with Crippen LogP contribution < -0.4 is 5.32 Å². The molecule has 2 fully saturated rings. The maximum absolute atomic E-state index is 12.2. The average molecular weight is 301 g/mol. The van der Waals surface area contributed by atoms with E-state index >= 15 is 0 Å². The van der Waals surface area contributed by atoms with Gasteiger partial charge in [-0.3, -0.25) is 4.79 Å². The molecule has 2 aliphatic heterocycles. The molecule has 19 heavy (non-hydrogen) atoms. The zero-order chi connectivity index (χ0) is 12.4. The summed E-state index contributed by atoms with van der Waals surface area (Å²) in [4.78, 5) is 14.2. The molecule has 0 bridgehead atoms. The van der Waals surface area contributed by atoms with Crippen LogP contribution in [0.15, 0.2) is 16.8 Å². The minimum absolute atomic E-state index is 0. The third kappa shape index (κ3) is 3.30. The Morgan fingerprint density at radius 3 is 2.68 bits per heavy atom. The van der Waals surface area contributed by atoms with Gasteiger partial charge in [0.1, 0.15) is 0 Å². The molecule has 0 spiro atoms. The molecule has 5 heteroatoms. The monoisotopic (exact) mass is 300 g/mol. The number of likely N-dealkylation sites (tertiary alicyclic amines) is 1. The van der Waals surface area contributed by atoms with Crippen molar-refractivity contribution in [2.75, 3.05) is 19.6 Å². The van der Waals surface area contributed by atoms with Crippen molar-refractivity contribution < 1.29 is 4.79 Å². The van der Waals surface area contributed by atoms with E-state index in [1.807, 2.05) is 21.7 Å². The van der Waals surface area contributed by atoms with Crippen LogP contribution in [0.4, 0.5) is 0 Å². The number of thiophene rings is 1. The van der Waals surface area contributed by atoms with Gasteiger partial charge in [0.2, 0.25) is 0 Å². The van der Waals surface area contributed by atoms with Gasteiger partial charge in [-0.05, 0) is 49.6 Å². The molecule has 1 atom stereocenters. The molecule has 1 aromatic heterocycles. The molecule has 3 heterocycles. The lowest BCUT2D eigenvalue weighted by atomic mass is 9.88. The normalized spacial score (nSPS) is 24.2. The summed E-state index contributed by atoms with van der Waals surface area (Å²) in [5.74, 6) is 0.994. The Bertz CT molecular complexity index is 396. The maximum atomic E-state index is 12.2. The number of hydrogen-bond donors (Lipinski definition) is 1. The van der Waals surface area contributed by atoms with Crippen molar-refractivity contribution in [1.82, 2.24) is 10.2 Å². The SMILES string of the molecule is Cl.O=C(c1ccsc1)N1CCC(C2CCCN2)CC1. The van der Waals surface area contributed by atoms with E-state index in [-0.39, 0.29) is 18.3 Å². The Kier molecular flexibility index (Phi) is 5.25. The van der Waals surface area contributed by atoms with E-state index in [2.05, 4.69) is 5.32 Å². The van der Waals surface area contributed by atoms with Crippen LogP contribution in [0, 0.1) is 5.92 Å². The van der Waals surface area contributed by atoms with E-state index < -0.39 is 0 Å². The molecule has 3 rings (SSSR count). The van der Waals surface area contributed by atoms with Crippen molar-refractivity contribution in [3.63, 3.8) is 0 Å². The second kappa shape index (κ2) is 6.73. The second-order valence-corrected chi connectivity index (χ2v) is 6.12. The highest BCUT2D eigenvalue weighted by Crippen LogP contribution is 2.26. The lowest BCUT2D eigenvalue weighted by molar-refractivity contribution is 0.0675. The first-order valence-electron chi connectivity index (χ1n) is 6.89. The highest BCUT2D eigenvalue weighted by Gasteiger charge is 2.30. The number of hydrogen-bond acceptors (Lipinski definition) is 3. The van der Waals surface area contributed by atoms with Crippen molar-refractivity contribution in [3.05, 3.63) is 22.4 Å². The summed E-state index contributed by atoms with van der Waals surface area (Å²) in [5, 5.41) is 7.52. The Hall–Kier alpha value is -0.580. The van der Waals surface area contributed by atoms with Gasteiger partial charge in [0.25, 0.3) is 5.91 Å². The summed E-state index contributed by atoms with van der Waals surface area (Å²) in [7, 11) is 0. The van der Waals surface area contributed by atoms with Crippen LogP contribution in [0.25, 0.3) is 0 Å². The van der Waals surface area contributed by atoms with Crippen molar-refractivity contribution in [3.8, 4) is 0 Å².